The first-order valence-corrected chi connectivity index (χ1v) is 11.6. The molecule has 2 aromatic heterocycles. The topological polar surface area (TPSA) is 172 Å². The lowest BCUT2D eigenvalue weighted by atomic mass is 10.0. The number of primary amides is 1. The molecule has 0 aliphatic carbocycles. The quantitative estimate of drug-likeness (QED) is 0.256. The zero-order valence-electron chi connectivity index (χ0n) is 20.2. The Morgan fingerprint density at radius 2 is 2.00 bits per heavy atom. The monoisotopic (exact) mass is 494 g/mol. The number of H-pyrrole nitrogens is 1. The molecule has 0 spiro atoms. The molecule has 3 rings (SSSR count). The second-order valence-electron chi connectivity index (χ2n) is 8.82. The lowest BCUT2D eigenvalue weighted by Gasteiger charge is -2.16. The summed E-state index contributed by atoms with van der Waals surface area (Å²) in [7, 11) is 0. The Kier molecular flexibility index (Phi) is 8.61. The zero-order chi connectivity index (χ0) is 26.2. The summed E-state index contributed by atoms with van der Waals surface area (Å²) in [5.74, 6) is -0.273. The number of nitrogens with one attached hydrogen (secondary N) is 3. The standard InChI is InChI=1S/C25H30N6O5/c1-15(2)13-16-7-5-9-17-22(16)30-21(27-17)14-31-12-6-10-19(24(31)34)28-23(33)18(29-25(35)36)8-3-4-11-20(26)32/h4-7,9-12,15,18,29H,3,8,13-14H2,1-2H3,(H2,26,32)(H,27,30)(H,28,33)(H,35,36). The Morgan fingerprint density at radius 3 is 2.69 bits per heavy atom. The van der Waals surface area contributed by atoms with Crippen molar-refractivity contribution in [1.29, 1.82) is 0 Å². The van der Waals surface area contributed by atoms with Crippen molar-refractivity contribution in [2.24, 2.45) is 11.7 Å². The Balaban J connectivity index is 1.77. The average molecular weight is 495 g/mol. The van der Waals surface area contributed by atoms with E-state index in [9.17, 15) is 19.2 Å². The molecule has 1 atom stereocenters. The van der Waals surface area contributed by atoms with Gasteiger partial charge in [-0.15, -0.1) is 0 Å². The van der Waals surface area contributed by atoms with Crippen molar-refractivity contribution >= 4 is 34.6 Å². The number of carboxylic acid groups (broad SMARTS) is 1. The van der Waals surface area contributed by atoms with Gasteiger partial charge in [-0.1, -0.05) is 32.1 Å². The molecule has 36 heavy (non-hydrogen) atoms. The van der Waals surface area contributed by atoms with Gasteiger partial charge in [0.1, 0.15) is 17.6 Å². The third kappa shape index (κ3) is 7.05. The van der Waals surface area contributed by atoms with Crippen LogP contribution in [-0.4, -0.2) is 43.6 Å². The number of carbonyl (C=O) groups is 3. The minimum atomic E-state index is -1.39. The molecule has 3 amide bonds. The van der Waals surface area contributed by atoms with Crippen LogP contribution in [0.2, 0.25) is 0 Å². The second-order valence-corrected chi connectivity index (χ2v) is 8.82. The van der Waals surface area contributed by atoms with Crippen LogP contribution < -0.4 is 21.9 Å². The molecular formula is C25H30N6O5. The Hall–Kier alpha value is -4.41. The van der Waals surface area contributed by atoms with E-state index in [1.165, 1.54) is 16.7 Å². The normalized spacial score (nSPS) is 12.2. The van der Waals surface area contributed by atoms with Crippen molar-refractivity contribution < 1.29 is 19.5 Å². The SMILES string of the molecule is CC(C)Cc1cccc2[nH]c(Cn3cccc(NC(=O)C(CCC=CC(N)=O)NC(=O)O)c3=O)nc12. The maximum absolute atomic E-state index is 13.0. The number of rotatable bonds is 11. The van der Waals surface area contributed by atoms with Gasteiger partial charge in [-0.25, -0.2) is 9.78 Å². The van der Waals surface area contributed by atoms with Crippen molar-refractivity contribution in [2.75, 3.05) is 5.32 Å². The predicted molar refractivity (Wildman–Crippen MR) is 136 cm³/mol. The number of nitrogens with two attached hydrogens (primary N) is 1. The van der Waals surface area contributed by atoms with E-state index in [4.69, 9.17) is 15.8 Å². The van der Waals surface area contributed by atoms with E-state index in [1.807, 2.05) is 18.2 Å². The van der Waals surface area contributed by atoms with Crippen LogP contribution in [0.5, 0.6) is 0 Å². The third-order valence-corrected chi connectivity index (χ3v) is 5.39. The van der Waals surface area contributed by atoms with Gasteiger partial charge in [0, 0.05) is 6.20 Å². The molecule has 190 valence electrons. The number of para-hydroxylation sites is 1. The summed E-state index contributed by atoms with van der Waals surface area (Å²) in [5, 5.41) is 13.7. The van der Waals surface area contributed by atoms with Gasteiger partial charge in [-0.3, -0.25) is 14.4 Å². The predicted octanol–water partition coefficient (Wildman–Crippen LogP) is 2.37. The van der Waals surface area contributed by atoms with Crippen molar-refractivity contribution in [3.8, 4) is 0 Å². The summed E-state index contributed by atoms with van der Waals surface area (Å²) in [6.45, 7) is 4.44. The van der Waals surface area contributed by atoms with Crippen LogP contribution >= 0.6 is 0 Å². The average Bonchev–Trinajstić information content (AvgIpc) is 3.21. The first kappa shape index (κ1) is 26.2. The molecule has 0 radical (unpaired) electrons. The van der Waals surface area contributed by atoms with Gasteiger partial charge in [0.15, 0.2) is 0 Å². The van der Waals surface area contributed by atoms with Crippen molar-refractivity contribution in [2.45, 2.75) is 45.7 Å². The van der Waals surface area contributed by atoms with Crippen LogP contribution in [0.15, 0.2) is 53.5 Å². The number of allylic oxidation sites excluding steroid dienone is 1. The van der Waals surface area contributed by atoms with Gasteiger partial charge in [-0.05, 0) is 55.0 Å². The smallest absolute Gasteiger partial charge is 0.405 e. The maximum Gasteiger partial charge on any atom is 0.405 e. The number of nitrogens with zero attached hydrogens (tertiary/aromatic N) is 2. The molecule has 11 nitrogen and oxygen atoms in total. The van der Waals surface area contributed by atoms with Crippen LogP contribution in [0, 0.1) is 5.92 Å². The number of fused-ring (bicyclic) bond motifs is 1. The van der Waals surface area contributed by atoms with E-state index < -0.39 is 29.5 Å². The molecular weight excluding hydrogens is 464 g/mol. The fourth-order valence-corrected chi connectivity index (χ4v) is 3.84. The number of imidazole rings is 1. The molecule has 0 aliphatic heterocycles. The fraction of sp³-hybridized carbons (Fsp3) is 0.320. The Labute approximate surface area is 207 Å². The van der Waals surface area contributed by atoms with Crippen LogP contribution in [0.25, 0.3) is 11.0 Å². The van der Waals surface area contributed by atoms with Crippen molar-refractivity contribution in [3.05, 3.63) is 70.4 Å². The van der Waals surface area contributed by atoms with E-state index in [1.54, 1.807) is 12.3 Å². The van der Waals surface area contributed by atoms with Crippen LogP contribution in [-0.2, 0) is 22.6 Å². The van der Waals surface area contributed by atoms with Gasteiger partial charge in [0.05, 0.1) is 17.6 Å². The van der Waals surface area contributed by atoms with E-state index in [0.29, 0.717) is 11.7 Å². The molecule has 0 aliphatic rings. The number of pyridine rings is 1. The number of carbonyl (C=O) groups excluding carboxylic acids is 2. The Morgan fingerprint density at radius 1 is 1.22 bits per heavy atom. The molecule has 6 N–H and O–H groups in total. The minimum Gasteiger partial charge on any atom is -0.465 e. The highest BCUT2D eigenvalue weighted by atomic mass is 16.4. The number of anilines is 1. The van der Waals surface area contributed by atoms with E-state index in [2.05, 4.69) is 29.5 Å². The summed E-state index contributed by atoms with van der Waals surface area (Å²) in [6, 6.07) is 7.86. The number of aromatic amines is 1. The van der Waals surface area contributed by atoms with Crippen molar-refractivity contribution in [3.63, 3.8) is 0 Å². The number of hydrogen-bond acceptors (Lipinski definition) is 5. The number of hydrogen-bond donors (Lipinski definition) is 5. The van der Waals surface area contributed by atoms with Gasteiger partial charge >= 0.3 is 6.09 Å². The van der Waals surface area contributed by atoms with Crippen LogP contribution in [0.3, 0.4) is 0 Å². The fourth-order valence-electron chi connectivity index (χ4n) is 3.84. The molecule has 2 heterocycles. The largest absolute Gasteiger partial charge is 0.465 e. The summed E-state index contributed by atoms with van der Waals surface area (Å²) in [4.78, 5) is 55.6. The molecule has 1 aromatic carbocycles. The van der Waals surface area contributed by atoms with Crippen molar-refractivity contribution in [1.82, 2.24) is 19.9 Å². The highest BCUT2D eigenvalue weighted by molar-refractivity contribution is 5.96. The molecule has 0 saturated carbocycles. The van der Waals surface area contributed by atoms with Gasteiger partial charge in [-0.2, -0.15) is 0 Å². The minimum absolute atomic E-state index is 0.00368. The van der Waals surface area contributed by atoms with Gasteiger partial charge < -0.3 is 31.0 Å². The van der Waals surface area contributed by atoms with E-state index in [-0.39, 0.29) is 25.1 Å². The third-order valence-electron chi connectivity index (χ3n) is 5.39. The summed E-state index contributed by atoms with van der Waals surface area (Å²) < 4.78 is 1.41. The van der Waals surface area contributed by atoms with Crippen LogP contribution in [0.1, 0.15) is 38.1 Å². The highest BCUT2D eigenvalue weighted by Gasteiger charge is 2.21. The second kappa shape index (κ2) is 11.8. The summed E-state index contributed by atoms with van der Waals surface area (Å²) in [5.41, 5.74) is 7.45. The number of benzene rings is 1. The van der Waals surface area contributed by atoms with E-state index >= 15 is 0 Å². The molecule has 11 heteroatoms. The lowest BCUT2D eigenvalue weighted by Crippen LogP contribution is -2.44. The molecule has 0 saturated heterocycles. The first-order valence-electron chi connectivity index (χ1n) is 11.6. The number of amides is 3. The van der Waals surface area contributed by atoms with Gasteiger partial charge in [0.25, 0.3) is 5.56 Å². The summed E-state index contributed by atoms with van der Waals surface area (Å²) >= 11 is 0. The van der Waals surface area contributed by atoms with Crippen LogP contribution in [0.4, 0.5) is 10.5 Å². The molecule has 3 aromatic rings. The lowest BCUT2D eigenvalue weighted by molar-refractivity contribution is -0.118. The zero-order valence-corrected chi connectivity index (χ0v) is 20.2. The maximum atomic E-state index is 13.0. The summed E-state index contributed by atoms with van der Waals surface area (Å²) in [6.07, 6.45) is 3.96. The van der Waals surface area contributed by atoms with E-state index in [0.717, 1.165) is 29.1 Å². The molecule has 0 fully saturated rings. The number of aromatic nitrogens is 3. The molecule has 1 unspecified atom stereocenters. The Bertz CT molecular complexity index is 1340. The molecule has 0 bridgehead atoms. The first-order chi connectivity index (χ1) is 17.1. The highest BCUT2D eigenvalue weighted by Crippen LogP contribution is 2.20. The van der Waals surface area contributed by atoms with Gasteiger partial charge in [0.2, 0.25) is 11.8 Å².